The Kier molecular flexibility index (Phi) is 5.77. The van der Waals surface area contributed by atoms with E-state index in [1.54, 1.807) is 24.3 Å². The van der Waals surface area contributed by atoms with Crippen molar-refractivity contribution in [1.29, 1.82) is 0 Å². The number of hydrogen-bond donors (Lipinski definition) is 3. The van der Waals surface area contributed by atoms with Gasteiger partial charge in [-0.15, -0.1) is 0 Å². The van der Waals surface area contributed by atoms with Gasteiger partial charge in [0.1, 0.15) is 5.82 Å². The van der Waals surface area contributed by atoms with Gasteiger partial charge in [-0.2, -0.15) is 0 Å². The first-order valence-electron chi connectivity index (χ1n) is 8.42. The molecular formula is C20H20N4O2. The second kappa shape index (κ2) is 8.62. The van der Waals surface area contributed by atoms with Crippen LogP contribution in [0, 0.1) is 0 Å². The van der Waals surface area contributed by atoms with Crippen molar-refractivity contribution in [3.05, 3.63) is 72.3 Å². The Morgan fingerprint density at radius 1 is 0.808 bits per heavy atom. The first-order valence-corrected chi connectivity index (χ1v) is 8.42. The number of nitrogens with one attached hydrogen (secondary N) is 3. The fourth-order valence-electron chi connectivity index (χ4n) is 2.47. The van der Waals surface area contributed by atoms with Gasteiger partial charge in [-0.3, -0.25) is 9.59 Å². The summed E-state index contributed by atoms with van der Waals surface area (Å²) in [4.78, 5) is 28.2. The predicted octanol–water partition coefficient (Wildman–Crippen LogP) is 2.19. The molecule has 2 amide bonds. The fourth-order valence-corrected chi connectivity index (χ4v) is 2.47. The molecule has 0 spiro atoms. The molecule has 0 bridgehead atoms. The van der Waals surface area contributed by atoms with Crippen LogP contribution in [-0.4, -0.2) is 36.4 Å². The molecule has 3 aromatic rings. The van der Waals surface area contributed by atoms with E-state index in [2.05, 4.69) is 20.9 Å². The Balaban J connectivity index is 1.37. The Morgan fingerprint density at radius 3 is 2.42 bits per heavy atom. The van der Waals surface area contributed by atoms with Crippen molar-refractivity contribution in [1.82, 2.24) is 15.6 Å². The second-order valence-electron chi connectivity index (χ2n) is 5.71. The average Bonchev–Trinajstić information content (AvgIpc) is 2.70. The molecule has 0 saturated carbocycles. The van der Waals surface area contributed by atoms with Gasteiger partial charge in [0.15, 0.2) is 0 Å². The molecule has 0 saturated heterocycles. The van der Waals surface area contributed by atoms with Crippen molar-refractivity contribution < 1.29 is 9.59 Å². The topological polar surface area (TPSA) is 83.1 Å². The lowest BCUT2D eigenvalue weighted by atomic mass is 10.2. The molecule has 2 aromatic carbocycles. The van der Waals surface area contributed by atoms with Crippen molar-refractivity contribution in [2.24, 2.45) is 0 Å². The smallest absolute Gasteiger partial charge is 0.251 e. The molecule has 0 aliphatic rings. The molecule has 0 aliphatic carbocycles. The number of benzene rings is 2. The highest BCUT2D eigenvalue weighted by molar-refractivity contribution is 5.96. The highest BCUT2D eigenvalue weighted by Gasteiger charge is 2.06. The largest absolute Gasteiger partial charge is 0.368 e. The van der Waals surface area contributed by atoms with Crippen LogP contribution >= 0.6 is 0 Å². The van der Waals surface area contributed by atoms with E-state index >= 15 is 0 Å². The quantitative estimate of drug-likeness (QED) is 0.572. The number of hydrogen-bond acceptors (Lipinski definition) is 4. The monoisotopic (exact) mass is 348 g/mol. The Bertz CT molecular complexity index is 896. The Morgan fingerprint density at radius 2 is 1.58 bits per heavy atom. The third-order valence-corrected chi connectivity index (χ3v) is 3.80. The zero-order valence-corrected chi connectivity index (χ0v) is 14.2. The third-order valence-electron chi connectivity index (χ3n) is 3.80. The Labute approximate surface area is 151 Å². The van der Waals surface area contributed by atoms with Crippen LogP contribution in [0.3, 0.4) is 0 Å². The van der Waals surface area contributed by atoms with Gasteiger partial charge >= 0.3 is 0 Å². The molecule has 6 heteroatoms. The summed E-state index contributed by atoms with van der Waals surface area (Å²) in [6.45, 7) is 0.931. The van der Waals surface area contributed by atoms with Gasteiger partial charge in [0.2, 0.25) is 5.91 Å². The van der Waals surface area contributed by atoms with Crippen molar-refractivity contribution in [2.75, 3.05) is 25.0 Å². The summed E-state index contributed by atoms with van der Waals surface area (Å²) >= 11 is 0. The summed E-state index contributed by atoms with van der Waals surface area (Å²) in [6.07, 6.45) is 0. The first kappa shape index (κ1) is 17.4. The van der Waals surface area contributed by atoms with Crippen LogP contribution in [0.2, 0.25) is 0 Å². The van der Waals surface area contributed by atoms with Gasteiger partial charge in [-0.25, -0.2) is 4.98 Å². The van der Waals surface area contributed by atoms with Crippen LogP contribution in [0.15, 0.2) is 66.7 Å². The van der Waals surface area contributed by atoms with Crippen LogP contribution in [0.5, 0.6) is 0 Å². The summed E-state index contributed by atoms with van der Waals surface area (Å²) in [7, 11) is 0. The number of carbonyl (C=O) groups is 2. The number of anilines is 1. The number of rotatable bonds is 7. The van der Waals surface area contributed by atoms with Crippen LogP contribution in [-0.2, 0) is 4.79 Å². The lowest BCUT2D eigenvalue weighted by Gasteiger charge is -2.09. The second-order valence-corrected chi connectivity index (χ2v) is 5.71. The Hall–Kier alpha value is -3.41. The number of carbonyl (C=O) groups excluding carboxylic acids is 2. The van der Waals surface area contributed by atoms with Crippen LogP contribution in [0.4, 0.5) is 5.82 Å². The maximum Gasteiger partial charge on any atom is 0.251 e. The predicted molar refractivity (Wildman–Crippen MR) is 102 cm³/mol. The SMILES string of the molecule is O=C(CNC(=O)c1ccccc1)NCCNc1ccc2ccccc2n1. The van der Waals surface area contributed by atoms with Gasteiger partial charge in [0, 0.05) is 24.0 Å². The molecular weight excluding hydrogens is 328 g/mol. The molecule has 3 rings (SSSR count). The molecule has 1 heterocycles. The minimum atomic E-state index is -0.265. The molecule has 6 nitrogen and oxygen atoms in total. The van der Waals surface area contributed by atoms with Crippen molar-refractivity contribution >= 4 is 28.5 Å². The summed E-state index contributed by atoms with van der Waals surface area (Å²) in [5, 5.41) is 9.60. The molecule has 0 radical (unpaired) electrons. The maximum atomic E-state index is 11.9. The molecule has 132 valence electrons. The van der Waals surface area contributed by atoms with Crippen LogP contribution in [0.25, 0.3) is 10.9 Å². The molecule has 1 aromatic heterocycles. The lowest BCUT2D eigenvalue weighted by Crippen LogP contribution is -2.38. The summed E-state index contributed by atoms with van der Waals surface area (Å²) < 4.78 is 0. The number of fused-ring (bicyclic) bond motifs is 1. The number of pyridine rings is 1. The van der Waals surface area contributed by atoms with E-state index in [0.717, 1.165) is 16.7 Å². The van der Waals surface area contributed by atoms with Gasteiger partial charge in [-0.05, 0) is 30.3 Å². The van der Waals surface area contributed by atoms with E-state index in [1.807, 2.05) is 42.5 Å². The van der Waals surface area contributed by atoms with Crippen molar-refractivity contribution in [3.8, 4) is 0 Å². The van der Waals surface area contributed by atoms with Crippen LogP contribution < -0.4 is 16.0 Å². The number of nitrogens with zero attached hydrogens (tertiary/aromatic N) is 1. The average molecular weight is 348 g/mol. The van der Waals surface area contributed by atoms with Gasteiger partial charge < -0.3 is 16.0 Å². The zero-order valence-electron chi connectivity index (χ0n) is 14.2. The molecule has 0 atom stereocenters. The van der Waals surface area contributed by atoms with E-state index in [4.69, 9.17) is 0 Å². The molecule has 3 N–H and O–H groups in total. The molecule has 26 heavy (non-hydrogen) atoms. The molecule has 0 fully saturated rings. The summed E-state index contributed by atoms with van der Waals surface area (Å²) in [6, 6.07) is 20.6. The van der Waals surface area contributed by atoms with Crippen molar-refractivity contribution in [3.63, 3.8) is 0 Å². The molecule has 0 unspecified atom stereocenters. The van der Waals surface area contributed by atoms with Crippen LogP contribution in [0.1, 0.15) is 10.4 Å². The number of aromatic nitrogens is 1. The normalized spacial score (nSPS) is 10.3. The van der Waals surface area contributed by atoms with Gasteiger partial charge in [0.05, 0.1) is 12.1 Å². The maximum absolute atomic E-state index is 11.9. The minimum absolute atomic E-state index is 0.0536. The first-order chi connectivity index (χ1) is 12.7. The highest BCUT2D eigenvalue weighted by atomic mass is 16.2. The summed E-state index contributed by atoms with van der Waals surface area (Å²) in [5.74, 6) is 0.261. The number of para-hydroxylation sites is 1. The standard InChI is InChI=1S/C20H20N4O2/c25-19(14-23-20(26)16-7-2-1-3-8-16)22-13-12-21-18-11-10-15-6-4-5-9-17(15)24-18/h1-11H,12-14H2,(H,21,24)(H,22,25)(H,23,26). The minimum Gasteiger partial charge on any atom is -0.368 e. The van der Waals surface area contributed by atoms with E-state index in [9.17, 15) is 9.59 Å². The van der Waals surface area contributed by atoms with E-state index in [-0.39, 0.29) is 18.4 Å². The zero-order chi connectivity index (χ0) is 18.2. The molecule has 0 aliphatic heterocycles. The summed E-state index contributed by atoms with van der Waals surface area (Å²) in [5.41, 5.74) is 1.45. The van der Waals surface area contributed by atoms with Gasteiger partial charge in [-0.1, -0.05) is 36.4 Å². The number of amides is 2. The van der Waals surface area contributed by atoms with E-state index < -0.39 is 0 Å². The van der Waals surface area contributed by atoms with Crippen molar-refractivity contribution in [2.45, 2.75) is 0 Å². The van der Waals surface area contributed by atoms with E-state index in [0.29, 0.717) is 18.7 Å². The highest BCUT2D eigenvalue weighted by Crippen LogP contribution is 2.13. The van der Waals surface area contributed by atoms with Gasteiger partial charge in [0.25, 0.3) is 5.91 Å². The third kappa shape index (κ3) is 4.80. The fraction of sp³-hybridized carbons (Fsp3) is 0.150. The van der Waals surface area contributed by atoms with E-state index in [1.165, 1.54) is 0 Å². The lowest BCUT2D eigenvalue weighted by molar-refractivity contribution is -0.120.